The van der Waals surface area contributed by atoms with Crippen LogP contribution in [0.15, 0.2) is 18.2 Å². The van der Waals surface area contributed by atoms with E-state index < -0.39 is 0 Å². The second-order valence-corrected chi connectivity index (χ2v) is 6.35. The minimum Gasteiger partial charge on any atom is -0.0891 e. The molecule has 2 atom stereocenters. The molecule has 1 fully saturated rings. The molecule has 0 heterocycles. The number of alkyl halides is 1. The second-order valence-electron chi connectivity index (χ2n) is 4.22. The predicted molar refractivity (Wildman–Crippen MR) is 70.2 cm³/mol. The summed E-state index contributed by atoms with van der Waals surface area (Å²) in [5.41, 5.74) is 1.23. The average molecular weight is 308 g/mol. The van der Waals surface area contributed by atoms with E-state index in [1.54, 1.807) is 0 Å². The second kappa shape index (κ2) is 5.07. The van der Waals surface area contributed by atoms with Crippen LogP contribution in [0.1, 0.15) is 24.8 Å². The van der Waals surface area contributed by atoms with Crippen LogP contribution in [0.3, 0.4) is 0 Å². The van der Waals surface area contributed by atoms with Crippen molar-refractivity contribution in [1.29, 1.82) is 0 Å². The van der Waals surface area contributed by atoms with Crippen molar-refractivity contribution in [3.8, 4) is 0 Å². The van der Waals surface area contributed by atoms with Crippen LogP contribution in [0, 0.1) is 5.92 Å². The molecule has 0 N–H and O–H groups in total. The van der Waals surface area contributed by atoms with Crippen LogP contribution in [-0.4, -0.2) is 4.83 Å². The molecule has 15 heavy (non-hydrogen) atoms. The highest BCUT2D eigenvalue weighted by Crippen LogP contribution is 2.34. The minimum absolute atomic E-state index is 0.702. The van der Waals surface area contributed by atoms with Gasteiger partial charge in [-0.2, -0.15) is 0 Å². The Hall–Kier alpha value is 0.280. The quantitative estimate of drug-likeness (QED) is 0.667. The van der Waals surface area contributed by atoms with E-state index in [1.165, 1.54) is 24.8 Å². The minimum atomic E-state index is 0.702. The monoisotopic (exact) mass is 306 g/mol. The van der Waals surface area contributed by atoms with Gasteiger partial charge in [0.1, 0.15) is 0 Å². The van der Waals surface area contributed by atoms with Gasteiger partial charge in [0.25, 0.3) is 0 Å². The van der Waals surface area contributed by atoms with Gasteiger partial charge >= 0.3 is 0 Å². The third kappa shape index (κ3) is 3.12. The molecule has 0 spiro atoms. The summed E-state index contributed by atoms with van der Waals surface area (Å²) in [6.07, 6.45) is 4.93. The van der Waals surface area contributed by atoms with Gasteiger partial charge in [-0.05, 0) is 49.3 Å². The summed E-state index contributed by atoms with van der Waals surface area (Å²) in [4.78, 5) is 0.702. The van der Waals surface area contributed by atoms with Crippen LogP contribution in [0.2, 0.25) is 10.0 Å². The molecule has 1 aromatic carbocycles. The van der Waals surface area contributed by atoms with E-state index in [2.05, 4.69) is 15.9 Å². The van der Waals surface area contributed by atoms with Gasteiger partial charge in [0.15, 0.2) is 0 Å². The summed E-state index contributed by atoms with van der Waals surface area (Å²) >= 11 is 15.7. The zero-order chi connectivity index (χ0) is 10.8. The summed E-state index contributed by atoms with van der Waals surface area (Å²) < 4.78 is 0. The molecule has 0 saturated heterocycles. The van der Waals surface area contributed by atoms with E-state index in [0.717, 1.165) is 17.4 Å². The number of halogens is 3. The fraction of sp³-hybridized carbons (Fsp3) is 0.500. The first-order valence-electron chi connectivity index (χ1n) is 5.23. The molecule has 1 aromatic rings. The smallest absolute Gasteiger partial charge is 0.0452 e. The summed E-state index contributed by atoms with van der Waals surface area (Å²) in [6, 6.07) is 5.80. The van der Waals surface area contributed by atoms with Crippen molar-refractivity contribution < 1.29 is 0 Å². The summed E-state index contributed by atoms with van der Waals surface area (Å²) in [6.45, 7) is 0. The Morgan fingerprint density at radius 3 is 2.67 bits per heavy atom. The molecule has 3 heteroatoms. The lowest BCUT2D eigenvalue weighted by molar-refractivity contribution is 0.548. The maximum Gasteiger partial charge on any atom is 0.0452 e. The fourth-order valence-corrected chi connectivity index (χ4v) is 3.48. The summed E-state index contributed by atoms with van der Waals surface area (Å²) in [5.74, 6) is 0.771. The van der Waals surface area contributed by atoms with Gasteiger partial charge in [-0.1, -0.05) is 45.2 Å². The van der Waals surface area contributed by atoms with Crippen molar-refractivity contribution in [3.63, 3.8) is 0 Å². The molecule has 2 rings (SSSR count). The molecule has 0 aliphatic heterocycles. The fourth-order valence-electron chi connectivity index (χ4n) is 2.20. The maximum absolute atomic E-state index is 6.15. The molecule has 2 unspecified atom stereocenters. The summed E-state index contributed by atoms with van der Waals surface area (Å²) in [5, 5.41) is 1.52. The standard InChI is InChI=1S/C12H13BrCl2/c13-10-3-1-8(6-10)5-9-2-4-11(14)7-12(9)15/h2,4,7-8,10H,1,3,5-6H2. The van der Waals surface area contributed by atoms with Crippen molar-refractivity contribution in [1.82, 2.24) is 0 Å². The highest BCUT2D eigenvalue weighted by molar-refractivity contribution is 9.09. The molecule has 0 aromatic heterocycles. The lowest BCUT2D eigenvalue weighted by atomic mass is 9.98. The van der Waals surface area contributed by atoms with Crippen LogP contribution in [0.25, 0.3) is 0 Å². The molecule has 0 nitrogen and oxygen atoms in total. The van der Waals surface area contributed by atoms with Crippen molar-refractivity contribution >= 4 is 39.1 Å². The van der Waals surface area contributed by atoms with Crippen molar-refractivity contribution in [3.05, 3.63) is 33.8 Å². The SMILES string of the molecule is Clc1ccc(CC2CCC(Br)C2)c(Cl)c1. The Morgan fingerprint density at radius 1 is 1.27 bits per heavy atom. The van der Waals surface area contributed by atoms with Crippen molar-refractivity contribution in [2.45, 2.75) is 30.5 Å². The normalized spacial score (nSPS) is 25.8. The van der Waals surface area contributed by atoms with Crippen LogP contribution in [-0.2, 0) is 6.42 Å². The van der Waals surface area contributed by atoms with Gasteiger partial charge in [0.2, 0.25) is 0 Å². The van der Waals surface area contributed by atoms with E-state index in [1.807, 2.05) is 18.2 Å². The van der Waals surface area contributed by atoms with E-state index >= 15 is 0 Å². The average Bonchev–Trinajstić information content (AvgIpc) is 2.56. The van der Waals surface area contributed by atoms with Gasteiger partial charge in [-0.15, -0.1) is 0 Å². The Morgan fingerprint density at radius 2 is 2.07 bits per heavy atom. The molecule has 0 bridgehead atoms. The first-order valence-corrected chi connectivity index (χ1v) is 6.90. The van der Waals surface area contributed by atoms with Crippen LogP contribution in [0.5, 0.6) is 0 Å². The molecule has 82 valence electrons. The van der Waals surface area contributed by atoms with Gasteiger partial charge in [-0.25, -0.2) is 0 Å². The Balaban J connectivity index is 2.04. The number of benzene rings is 1. The molecule has 1 saturated carbocycles. The van der Waals surface area contributed by atoms with E-state index in [9.17, 15) is 0 Å². The number of rotatable bonds is 2. The largest absolute Gasteiger partial charge is 0.0891 e. The van der Waals surface area contributed by atoms with Gasteiger partial charge in [0.05, 0.1) is 0 Å². The molecular weight excluding hydrogens is 295 g/mol. The Labute approximate surface area is 109 Å². The first kappa shape index (κ1) is 11.8. The molecular formula is C12H13BrCl2. The molecule has 0 radical (unpaired) electrons. The number of hydrogen-bond acceptors (Lipinski definition) is 0. The van der Waals surface area contributed by atoms with Gasteiger partial charge in [0, 0.05) is 14.9 Å². The zero-order valence-corrected chi connectivity index (χ0v) is 11.4. The first-order chi connectivity index (χ1) is 7.15. The topological polar surface area (TPSA) is 0 Å². The Bertz CT molecular complexity index is 351. The van der Waals surface area contributed by atoms with Crippen LogP contribution in [0.4, 0.5) is 0 Å². The Kier molecular flexibility index (Phi) is 3.98. The lowest BCUT2D eigenvalue weighted by Gasteiger charge is -2.10. The van der Waals surface area contributed by atoms with Crippen LogP contribution < -0.4 is 0 Å². The maximum atomic E-state index is 6.15. The zero-order valence-electron chi connectivity index (χ0n) is 8.35. The highest BCUT2D eigenvalue weighted by atomic mass is 79.9. The molecule has 1 aliphatic rings. The molecule has 0 amide bonds. The molecule has 1 aliphatic carbocycles. The highest BCUT2D eigenvalue weighted by Gasteiger charge is 2.23. The van der Waals surface area contributed by atoms with Crippen molar-refractivity contribution in [2.24, 2.45) is 5.92 Å². The summed E-state index contributed by atoms with van der Waals surface area (Å²) in [7, 11) is 0. The number of hydrogen-bond donors (Lipinski definition) is 0. The van der Waals surface area contributed by atoms with Gasteiger partial charge in [-0.3, -0.25) is 0 Å². The van der Waals surface area contributed by atoms with E-state index in [0.29, 0.717) is 9.85 Å². The van der Waals surface area contributed by atoms with E-state index in [4.69, 9.17) is 23.2 Å². The van der Waals surface area contributed by atoms with Gasteiger partial charge < -0.3 is 0 Å². The third-order valence-corrected chi connectivity index (χ3v) is 4.42. The van der Waals surface area contributed by atoms with Crippen LogP contribution >= 0.6 is 39.1 Å². The predicted octanol–water partition coefficient (Wildman–Crippen LogP) is 5.10. The third-order valence-electron chi connectivity index (χ3n) is 3.00. The van der Waals surface area contributed by atoms with Crippen molar-refractivity contribution in [2.75, 3.05) is 0 Å². The van der Waals surface area contributed by atoms with E-state index in [-0.39, 0.29) is 0 Å². The lowest BCUT2D eigenvalue weighted by Crippen LogP contribution is -2.00.